The number of anilines is 1. The SMILES string of the molecule is CC(C)c1ccccc1NCc1cccc([N+](=O)[O-])c1F. The second kappa shape index (κ2) is 6.35. The van der Waals surface area contributed by atoms with Crippen molar-refractivity contribution in [1.82, 2.24) is 0 Å². The van der Waals surface area contributed by atoms with Crippen LogP contribution in [0.5, 0.6) is 0 Å². The van der Waals surface area contributed by atoms with Gasteiger partial charge in [0.05, 0.1) is 4.92 Å². The maximum atomic E-state index is 14.0. The van der Waals surface area contributed by atoms with Gasteiger partial charge in [0.1, 0.15) is 0 Å². The summed E-state index contributed by atoms with van der Waals surface area (Å²) in [7, 11) is 0. The molecule has 5 heteroatoms. The molecular weight excluding hydrogens is 271 g/mol. The Kier molecular flexibility index (Phi) is 4.52. The first-order valence-corrected chi connectivity index (χ1v) is 6.75. The maximum Gasteiger partial charge on any atom is 0.305 e. The molecule has 0 saturated carbocycles. The van der Waals surface area contributed by atoms with Crippen LogP contribution in [-0.4, -0.2) is 4.92 Å². The largest absolute Gasteiger partial charge is 0.381 e. The van der Waals surface area contributed by atoms with E-state index < -0.39 is 16.4 Å². The maximum absolute atomic E-state index is 14.0. The zero-order valence-electron chi connectivity index (χ0n) is 12.0. The van der Waals surface area contributed by atoms with Crippen molar-refractivity contribution >= 4 is 11.4 Å². The van der Waals surface area contributed by atoms with Gasteiger partial charge in [0.25, 0.3) is 0 Å². The third kappa shape index (κ3) is 3.37. The van der Waals surface area contributed by atoms with E-state index in [0.717, 1.165) is 11.3 Å². The Morgan fingerprint density at radius 3 is 2.57 bits per heavy atom. The normalized spacial score (nSPS) is 10.7. The van der Waals surface area contributed by atoms with Gasteiger partial charge in [0.15, 0.2) is 0 Å². The molecule has 0 amide bonds. The average molecular weight is 288 g/mol. The summed E-state index contributed by atoms with van der Waals surface area (Å²) >= 11 is 0. The monoisotopic (exact) mass is 288 g/mol. The van der Waals surface area contributed by atoms with Gasteiger partial charge in [-0.25, -0.2) is 0 Å². The molecule has 0 aliphatic heterocycles. The lowest BCUT2D eigenvalue weighted by molar-refractivity contribution is -0.387. The van der Waals surface area contributed by atoms with Crippen LogP contribution in [0.25, 0.3) is 0 Å². The Balaban J connectivity index is 2.21. The van der Waals surface area contributed by atoms with Gasteiger partial charge in [-0.1, -0.05) is 44.2 Å². The van der Waals surface area contributed by atoms with Crippen LogP contribution in [0.3, 0.4) is 0 Å². The summed E-state index contributed by atoms with van der Waals surface area (Å²) in [5.74, 6) is -0.444. The number of hydrogen-bond acceptors (Lipinski definition) is 3. The lowest BCUT2D eigenvalue weighted by atomic mass is 10.0. The minimum atomic E-state index is -0.781. The number of para-hydroxylation sites is 1. The van der Waals surface area contributed by atoms with E-state index in [-0.39, 0.29) is 12.1 Å². The van der Waals surface area contributed by atoms with Crippen molar-refractivity contribution in [2.75, 3.05) is 5.32 Å². The van der Waals surface area contributed by atoms with Crippen molar-refractivity contribution in [2.24, 2.45) is 0 Å². The summed E-state index contributed by atoms with van der Waals surface area (Å²) in [4.78, 5) is 10.0. The predicted octanol–water partition coefficient (Wildman–Crippen LogP) is 4.47. The predicted molar refractivity (Wildman–Crippen MR) is 80.9 cm³/mol. The number of nitro groups is 1. The highest BCUT2D eigenvalue weighted by Crippen LogP contribution is 2.25. The number of nitro benzene ring substituents is 1. The number of hydrogen-bond donors (Lipinski definition) is 1. The molecule has 0 unspecified atom stereocenters. The van der Waals surface area contributed by atoms with E-state index in [4.69, 9.17) is 0 Å². The lowest BCUT2D eigenvalue weighted by Crippen LogP contribution is -2.06. The number of nitrogens with one attached hydrogen (secondary N) is 1. The molecule has 4 nitrogen and oxygen atoms in total. The van der Waals surface area contributed by atoms with Crippen molar-refractivity contribution in [3.05, 3.63) is 69.5 Å². The Bertz CT molecular complexity index is 656. The van der Waals surface area contributed by atoms with Crippen LogP contribution in [0.15, 0.2) is 42.5 Å². The Morgan fingerprint density at radius 1 is 1.19 bits per heavy atom. The first-order chi connectivity index (χ1) is 10.0. The van der Waals surface area contributed by atoms with Crippen molar-refractivity contribution < 1.29 is 9.31 Å². The molecule has 0 aliphatic rings. The van der Waals surface area contributed by atoms with E-state index >= 15 is 0 Å². The third-order valence-electron chi connectivity index (χ3n) is 3.31. The summed E-state index contributed by atoms with van der Waals surface area (Å²) < 4.78 is 14.0. The lowest BCUT2D eigenvalue weighted by Gasteiger charge is -2.14. The van der Waals surface area contributed by atoms with Crippen molar-refractivity contribution in [1.29, 1.82) is 0 Å². The molecule has 0 aromatic heterocycles. The topological polar surface area (TPSA) is 55.2 Å². The van der Waals surface area contributed by atoms with Gasteiger partial charge in [0, 0.05) is 23.9 Å². The van der Waals surface area contributed by atoms with E-state index in [1.54, 1.807) is 6.07 Å². The zero-order chi connectivity index (χ0) is 15.4. The molecule has 2 rings (SSSR count). The molecule has 0 fully saturated rings. The van der Waals surface area contributed by atoms with Gasteiger partial charge in [0.2, 0.25) is 5.82 Å². The molecule has 0 bridgehead atoms. The van der Waals surface area contributed by atoms with Crippen LogP contribution in [0.1, 0.15) is 30.9 Å². The van der Waals surface area contributed by atoms with Crippen LogP contribution in [0.4, 0.5) is 15.8 Å². The molecule has 0 spiro atoms. The van der Waals surface area contributed by atoms with E-state index in [1.165, 1.54) is 12.1 Å². The molecule has 0 radical (unpaired) electrons. The first kappa shape index (κ1) is 15.0. The highest BCUT2D eigenvalue weighted by molar-refractivity contribution is 5.53. The molecule has 0 heterocycles. The molecule has 0 saturated heterocycles. The Morgan fingerprint density at radius 2 is 1.90 bits per heavy atom. The standard InChI is InChI=1S/C16H17FN2O2/c1-11(2)13-7-3-4-8-14(13)18-10-12-6-5-9-15(16(12)17)19(20)21/h3-9,11,18H,10H2,1-2H3. The van der Waals surface area contributed by atoms with Gasteiger partial charge < -0.3 is 5.32 Å². The summed E-state index contributed by atoms with van der Waals surface area (Å²) in [5, 5.41) is 13.9. The number of rotatable bonds is 5. The molecule has 0 aliphatic carbocycles. The molecule has 2 aromatic carbocycles. The van der Waals surface area contributed by atoms with Crippen LogP contribution >= 0.6 is 0 Å². The van der Waals surface area contributed by atoms with E-state index in [1.807, 2.05) is 24.3 Å². The summed E-state index contributed by atoms with van der Waals surface area (Å²) in [5.41, 5.74) is 1.83. The fourth-order valence-corrected chi connectivity index (χ4v) is 2.20. The third-order valence-corrected chi connectivity index (χ3v) is 3.31. The molecule has 110 valence electrons. The van der Waals surface area contributed by atoms with Gasteiger partial charge in [-0.05, 0) is 17.5 Å². The molecule has 0 atom stereocenters. The molecule has 1 N–H and O–H groups in total. The van der Waals surface area contributed by atoms with E-state index in [0.29, 0.717) is 5.92 Å². The van der Waals surface area contributed by atoms with Crippen LogP contribution in [0, 0.1) is 15.9 Å². The van der Waals surface area contributed by atoms with E-state index in [9.17, 15) is 14.5 Å². The minimum absolute atomic E-state index is 0.206. The van der Waals surface area contributed by atoms with E-state index in [2.05, 4.69) is 19.2 Å². The van der Waals surface area contributed by atoms with Gasteiger partial charge in [-0.2, -0.15) is 4.39 Å². The number of benzene rings is 2. The Hall–Kier alpha value is -2.43. The first-order valence-electron chi connectivity index (χ1n) is 6.75. The van der Waals surface area contributed by atoms with Crippen molar-refractivity contribution in [3.8, 4) is 0 Å². The second-order valence-electron chi connectivity index (χ2n) is 5.10. The smallest absolute Gasteiger partial charge is 0.305 e. The van der Waals surface area contributed by atoms with Gasteiger partial charge in [-0.3, -0.25) is 10.1 Å². The van der Waals surface area contributed by atoms with Crippen LogP contribution in [0.2, 0.25) is 0 Å². The minimum Gasteiger partial charge on any atom is -0.381 e. The Labute approximate surface area is 122 Å². The molecule has 2 aromatic rings. The highest BCUT2D eigenvalue weighted by Gasteiger charge is 2.17. The van der Waals surface area contributed by atoms with Crippen LogP contribution in [-0.2, 0) is 6.54 Å². The van der Waals surface area contributed by atoms with Gasteiger partial charge in [-0.15, -0.1) is 0 Å². The van der Waals surface area contributed by atoms with Gasteiger partial charge >= 0.3 is 5.69 Å². The summed E-state index contributed by atoms with van der Waals surface area (Å²) in [6.07, 6.45) is 0. The second-order valence-corrected chi connectivity index (χ2v) is 5.10. The summed E-state index contributed by atoms with van der Waals surface area (Å²) in [6.45, 7) is 4.36. The molecular formula is C16H17FN2O2. The fourth-order valence-electron chi connectivity index (χ4n) is 2.20. The summed E-state index contributed by atoms with van der Waals surface area (Å²) in [6, 6.07) is 12.0. The fraction of sp³-hybridized carbons (Fsp3) is 0.250. The highest BCUT2D eigenvalue weighted by atomic mass is 19.1. The number of halogens is 1. The zero-order valence-corrected chi connectivity index (χ0v) is 12.0. The molecule has 21 heavy (non-hydrogen) atoms. The van der Waals surface area contributed by atoms with Crippen molar-refractivity contribution in [3.63, 3.8) is 0 Å². The number of nitrogens with zero attached hydrogens (tertiary/aromatic N) is 1. The van der Waals surface area contributed by atoms with Crippen LogP contribution < -0.4 is 5.32 Å². The average Bonchev–Trinajstić information content (AvgIpc) is 2.46. The van der Waals surface area contributed by atoms with Crippen molar-refractivity contribution in [2.45, 2.75) is 26.3 Å². The quantitative estimate of drug-likeness (QED) is 0.652.